The average molecular weight is 156 g/mol. The molecule has 0 atom stereocenters. The highest BCUT2D eigenvalue weighted by atomic mass is 15.1. The van der Waals surface area contributed by atoms with Gasteiger partial charge >= 0.3 is 0 Å². The molecule has 0 bridgehead atoms. The van der Waals surface area contributed by atoms with Crippen LogP contribution in [-0.2, 0) is 0 Å². The quantitative estimate of drug-likeness (QED) is 0.620. The van der Waals surface area contributed by atoms with E-state index in [2.05, 4.69) is 24.5 Å². The summed E-state index contributed by atoms with van der Waals surface area (Å²) in [5.41, 5.74) is 0. The number of rotatable bonds is 5. The largest absolute Gasteiger partial charge is 0.314 e. The fraction of sp³-hybridized carbons (Fsp3) is 1.00. The van der Waals surface area contributed by atoms with Gasteiger partial charge in [0.2, 0.25) is 0 Å². The minimum Gasteiger partial charge on any atom is -0.314 e. The van der Waals surface area contributed by atoms with Crippen molar-refractivity contribution >= 4 is 0 Å². The second-order valence-corrected chi connectivity index (χ2v) is 3.45. The summed E-state index contributed by atoms with van der Waals surface area (Å²) in [6, 6.07) is 0.760. The van der Waals surface area contributed by atoms with Crippen molar-refractivity contribution in [2.24, 2.45) is 5.92 Å². The lowest BCUT2D eigenvalue weighted by Gasteiger charge is -2.29. The summed E-state index contributed by atoms with van der Waals surface area (Å²) in [5, 5.41) is 6.82. The maximum Gasteiger partial charge on any atom is 0.0317 e. The summed E-state index contributed by atoms with van der Waals surface area (Å²) >= 11 is 0. The first kappa shape index (κ1) is 9.01. The molecule has 0 aromatic rings. The van der Waals surface area contributed by atoms with Crippen molar-refractivity contribution in [1.82, 2.24) is 10.6 Å². The van der Waals surface area contributed by atoms with Crippen LogP contribution in [0.2, 0.25) is 0 Å². The van der Waals surface area contributed by atoms with Gasteiger partial charge in [-0.1, -0.05) is 26.7 Å². The monoisotopic (exact) mass is 156 g/mol. The first-order valence-corrected chi connectivity index (χ1v) is 4.80. The standard InChI is InChI=1S/C9H20N2/c1-3-8(4-2)5-11-9-6-10-7-9/h8-11H,3-7H2,1-2H3. The molecule has 0 amide bonds. The van der Waals surface area contributed by atoms with Gasteiger partial charge in [0.15, 0.2) is 0 Å². The van der Waals surface area contributed by atoms with E-state index in [0.717, 1.165) is 12.0 Å². The Morgan fingerprint density at radius 2 is 2.00 bits per heavy atom. The van der Waals surface area contributed by atoms with Gasteiger partial charge < -0.3 is 10.6 Å². The van der Waals surface area contributed by atoms with E-state index in [9.17, 15) is 0 Å². The molecule has 1 saturated heterocycles. The fourth-order valence-corrected chi connectivity index (χ4v) is 1.34. The highest BCUT2D eigenvalue weighted by Crippen LogP contribution is 2.06. The van der Waals surface area contributed by atoms with Crippen molar-refractivity contribution in [3.8, 4) is 0 Å². The Morgan fingerprint density at radius 1 is 1.36 bits per heavy atom. The molecule has 0 spiro atoms. The molecule has 0 aliphatic carbocycles. The van der Waals surface area contributed by atoms with E-state index in [0.29, 0.717) is 0 Å². The molecule has 1 aliphatic heterocycles. The van der Waals surface area contributed by atoms with Crippen LogP contribution in [0.1, 0.15) is 26.7 Å². The maximum atomic E-state index is 3.56. The molecule has 0 aromatic heterocycles. The van der Waals surface area contributed by atoms with Crippen molar-refractivity contribution < 1.29 is 0 Å². The second kappa shape index (κ2) is 4.73. The van der Waals surface area contributed by atoms with Crippen molar-refractivity contribution in [2.45, 2.75) is 32.7 Å². The van der Waals surface area contributed by atoms with E-state index in [1.807, 2.05) is 0 Å². The van der Waals surface area contributed by atoms with Crippen LogP contribution in [0.3, 0.4) is 0 Å². The Kier molecular flexibility index (Phi) is 3.87. The number of hydrogen-bond acceptors (Lipinski definition) is 2. The van der Waals surface area contributed by atoms with E-state index in [1.54, 1.807) is 0 Å². The highest BCUT2D eigenvalue weighted by Gasteiger charge is 2.16. The summed E-state index contributed by atoms with van der Waals surface area (Å²) in [5.74, 6) is 0.885. The van der Waals surface area contributed by atoms with Crippen LogP contribution >= 0.6 is 0 Å². The molecule has 0 radical (unpaired) electrons. The zero-order valence-electron chi connectivity index (χ0n) is 7.69. The van der Waals surface area contributed by atoms with Gasteiger partial charge in [-0.15, -0.1) is 0 Å². The molecule has 2 heteroatoms. The minimum atomic E-state index is 0.760. The molecule has 0 saturated carbocycles. The van der Waals surface area contributed by atoms with Gasteiger partial charge in [0.25, 0.3) is 0 Å². The number of nitrogens with one attached hydrogen (secondary N) is 2. The normalized spacial score (nSPS) is 18.8. The Morgan fingerprint density at radius 3 is 2.36 bits per heavy atom. The van der Waals surface area contributed by atoms with Crippen LogP contribution in [-0.4, -0.2) is 25.7 Å². The topological polar surface area (TPSA) is 24.1 Å². The molecule has 0 aromatic carbocycles. The lowest BCUT2D eigenvalue weighted by atomic mass is 10.0. The van der Waals surface area contributed by atoms with Crippen LogP contribution < -0.4 is 10.6 Å². The van der Waals surface area contributed by atoms with Crippen LogP contribution in [0.15, 0.2) is 0 Å². The van der Waals surface area contributed by atoms with Gasteiger partial charge in [-0.2, -0.15) is 0 Å². The van der Waals surface area contributed by atoms with Gasteiger partial charge in [0.1, 0.15) is 0 Å². The van der Waals surface area contributed by atoms with Gasteiger partial charge in [-0.3, -0.25) is 0 Å². The van der Waals surface area contributed by atoms with E-state index in [-0.39, 0.29) is 0 Å². The second-order valence-electron chi connectivity index (χ2n) is 3.45. The van der Waals surface area contributed by atoms with Crippen LogP contribution in [0.25, 0.3) is 0 Å². The summed E-state index contributed by atoms with van der Waals surface area (Å²) in [6.45, 7) is 8.09. The molecular weight excluding hydrogens is 136 g/mol. The number of hydrogen-bond donors (Lipinski definition) is 2. The maximum absolute atomic E-state index is 3.56. The molecule has 11 heavy (non-hydrogen) atoms. The Bertz CT molecular complexity index is 95.7. The first-order valence-electron chi connectivity index (χ1n) is 4.80. The first-order chi connectivity index (χ1) is 5.36. The Hall–Kier alpha value is -0.0800. The third kappa shape index (κ3) is 2.80. The molecule has 1 heterocycles. The lowest BCUT2D eigenvalue weighted by Crippen LogP contribution is -2.56. The van der Waals surface area contributed by atoms with Crippen LogP contribution in [0.4, 0.5) is 0 Å². The summed E-state index contributed by atoms with van der Waals surface area (Å²) in [6.07, 6.45) is 2.62. The molecule has 0 unspecified atom stereocenters. The van der Waals surface area contributed by atoms with E-state index in [1.165, 1.54) is 32.5 Å². The Labute approximate surface area is 69.8 Å². The molecule has 1 aliphatic rings. The predicted octanol–water partition coefficient (Wildman–Crippen LogP) is 0.984. The van der Waals surface area contributed by atoms with Gasteiger partial charge in [0.05, 0.1) is 0 Å². The van der Waals surface area contributed by atoms with Gasteiger partial charge in [-0.05, 0) is 12.5 Å². The Balaban J connectivity index is 1.99. The lowest BCUT2D eigenvalue weighted by molar-refractivity contribution is 0.331. The SMILES string of the molecule is CCC(CC)CNC1CNC1. The van der Waals surface area contributed by atoms with Gasteiger partial charge in [0, 0.05) is 19.1 Å². The molecule has 66 valence electrons. The van der Waals surface area contributed by atoms with E-state index >= 15 is 0 Å². The zero-order chi connectivity index (χ0) is 8.10. The van der Waals surface area contributed by atoms with Crippen molar-refractivity contribution in [3.63, 3.8) is 0 Å². The molecule has 2 N–H and O–H groups in total. The van der Waals surface area contributed by atoms with E-state index < -0.39 is 0 Å². The third-order valence-corrected chi connectivity index (χ3v) is 2.63. The minimum absolute atomic E-state index is 0.760. The predicted molar refractivity (Wildman–Crippen MR) is 48.7 cm³/mol. The summed E-state index contributed by atoms with van der Waals surface area (Å²) < 4.78 is 0. The molecular formula is C9H20N2. The summed E-state index contributed by atoms with van der Waals surface area (Å²) in [4.78, 5) is 0. The fourth-order valence-electron chi connectivity index (χ4n) is 1.34. The smallest absolute Gasteiger partial charge is 0.0317 e. The average Bonchev–Trinajstić information content (AvgIpc) is 1.95. The zero-order valence-corrected chi connectivity index (χ0v) is 7.69. The van der Waals surface area contributed by atoms with Crippen molar-refractivity contribution in [3.05, 3.63) is 0 Å². The third-order valence-electron chi connectivity index (χ3n) is 2.63. The molecule has 1 rings (SSSR count). The van der Waals surface area contributed by atoms with Crippen molar-refractivity contribution in [2.75, 3.05) is 19.6 Å². The van der Waals surface area contributed by atoms with E-state index in [4.69, 9.17) is 0 Å². The highest BCUT2D eigenvalue weighted by molar-refractivity contribution is 4.81. The van der Waals surface area contributed by atoms with Gasteiger partial charge in [-0.25, -0.2) is 0 Å². The summed E-state index contributed by atoms with van der Waals surface area (Å²) in [7, 11) is 0. The molecule has 2 nitrogen and oxygen atoms in total. The van der Waals surface area contributed by atoms with Crippen molar-refractivity contribution in [1.29, 1.82) is 0 Å². The molecule has 1 fully saturated rings. The van der Waals surface area contributed by atoms with Crippen LogP contribution in [0.5, 0.6) is 0 Å². The van der Waals surface area contributed by atoms with Crippen LogP contribution in [0, 0.1) is 5.92 Å².